The van der Waals surface area contributed by atoms with Crippen molar-refractivity contribution in [1.29, 1.82) is 0 Å². The minimum atomic E-state index is -1.13. The number of rotatable bonds is 2. The van der Waals surface area contributed by atoms with Crippen LogP contribution in [0.2, 0.25) is 5.02 Å². The first-order chi connectivity index (χ1) is 6.06. The summed E-state index contributed by atoms with van der Waals surface area (Å²) in [5, 5.41) is 9.24. The summed E-state index contributed by atoms with van der Waals surface area (Å²) in [4.78, 5) is 18.4. The maximum atomic E-state index is 10.7. The van der Waals surface area contributed by atoms with Gasteiger partial charge in [-0.1, -0.05) is 23.4 Å². The van der Waals surface area contributed by atoms with E-state index in [2.05, 4.69) is 9.97 Å². The average Bonchev–Trinajstić information content (AvgIpc) is 2.09. The molecule has 0 aromatic carbocycles. The number of carboxylic acids is 1. The number of nitrogens with zero attached hydrogens (tertiary/aromatic N) is 2. The molecule has 0 spiro atoms. The summed E-state index contributed by atoms with van der Waals surface area (Å²) < 4.78 is 0. The molecule has 0 saturated heterocycles. The second kappa shape index (κ2) is 3.93. The maximum absolute atomic E-state index is 10.7. The van der Waals surface area contributed by atoms with Crippen molar-refractivity contribution in [2.24, 2.45) is 0 Å². The lowest BCUT2D eigenvalue weighted by atomic mass is 10.3. The molecular formula is C7H7ClN2O2S. The van der Waals surface area contributed by atoms with Crippen LogP contribution in [-0.2, 0) is 0 Å². The summed E-state index contributed by atoms with van der Waals surface area (Å²) in [7, 11) is 0. The lowest BCUT2D eigenvalue weighted by Gasteiger charge is -2.02. The molecule has 1 N–H and O–H groups in total. The lowest BCUT2D eigenvalue weighted by Crippen LogP contribution is -2.05. The van der Waals surface area contributed by atoms with E-state index < -0.39 is 5.97 Å². The molecule has 0 radical (unpaired) electrons. The third-order valence-electron chi connectivity index (χ3n) is 1.38. The number of carbonyl (C=O) groups is 1. The fourth-order valence-corrected chi connectivity index (χ4v) is 1.34. The van der Waals surface area contributed by atoms with Gasteiger partial charge in [-0.05, 0) is 13.2 Å². The third-order valence-corrected chi connectivity index (χ3v) is 2.38. The Morgan fingerprint density at radius 3 is 2.62 bits per heavy atom. The van der Waals surface area contributed by atoms with Crippen molar-refractivity contribution in [3.8, 4) is 0 Å². The van der Waals surface area contributed by atoms with Crippen LogP contribution in [-0.4, -0.2) is 27.3 Å². The number of thioether (sulfide) groups is 1. The molecule has 70 valence electrons. The second-order valence-electron chi connectivity index (χ2n) is 2.26. The Labute approximate surface area is 84.3 Å². The number of hydrogen-bond donors (Lipinski definition) is 1. The Morgan fingerprint density at radius 1 is 1.54 bits per heavy atom. The zero-order valence-electron chi connectivity index (χ0n) is 7.04. The van der Waals surface area contributed by atoms with E-state index in [1.165, 1.54) is 11.8 Å². The predicted octanol–water partition coefficient (Wildman–Crippen LogP) is 1.86. The number of aromatic nitrogens is 2. The quantitative estimate of drug-likeness (QED) is 0.607. The van der Waals surface area contributed by atoms with Crippen molar-refractivity contribution in [2.45, 2.75) is 12.1 Å². The fraction of sp³-hybridized carbons (Fsp3) is 0.286. The minimum Gasteiger partial charge on any atom is -0.476 e. The van der Waals surface area contributed by atoms with Gasteiger partial charge in [0.05, 0.1) is 10.7 Å². The normalized spacial score (nSPS) is 10.1. The Kier molecular flexibility index (Phi) is 3.11. The summed E-state index contributed by atoms with van der Waals surface area (Å²) in [6.07, 6.45) is 1.77. The molecule has 0 aliphatic carbocycles. The van der Waals surface area contributed by atoms with E-state index in [1.54, 1.807) is 13.2 Å². The van der Waals surface area contributed by atoms with Crippen molar-refractivity contribution >= 4 is 29.3 Å². The predicted molar refractivity (Wildman–Crippen MR) is 50.5 cm³/mol. The molecule has 0 aliphatic heterocycles. The van der Waals surface area contributed by atoms with Crippen LogP contribution in [0.5, 0.6) is 0 Å². The zero-order chi connectivity index (χ0) is 10.0. The number of carboxylic acid groups (broad SMARTS) is 1. The van der Waals surface area contributed by atoms with Gasteiger partial charge in [0.2, 0.25) is 0 Å². The van der Waals surface area contributed by atoms with Gasteiger partial charge in [0.1, 0.15) is 0 Å². The summed E-state index contributed by atoms with van der Waals surface area (Å²) in [6.45, 7) is 1.65. The summed E-state index contributed by atoms with van der Waals surface area (Å²) >= 11 is 6.98. The van der Waals surface area contributed by atoms with E-state index in [1.807, 2.05) is 0 Å². The minimum absolute atomic E-state index is 0.102. The van der Waals surface area contributed by atoms with Gasteiger partial charge in [0.25, 0.3) is 0 Å². The van der Waals surface area contributed by atoms with Crippen molar-refractivity contribution in [3.05, 3.63) is 16.4 Å². The Bertz CT molecular complexity index is 357. The molecule has 0 aliphatic rings. The monoisotopic (exact) mass is 218 g/mol. The molecule has 13 heavy (non-hydrogen) atoms. The van der Waals surface area contributed by atoms with Crippen molar-refractivity contribution in [1.82, 2.24) is 9.97 Å². The smallest absolute Gasteiger partial charge is 0.356 e. The molecule has 0 atom stereocenters. The van der Waals surface area contributed by atoms with E-state index in [-0.39, 0.29) is 10.7 Å². The molecule has 1 aromatic rings. The fourth-order valence-electron chi connectivity index (χ4n) is 0.767. The molecular weight excluding hydrogens is 212 g/mol. The Balaban J connectivity index is 3.33. The molecule has 6 heteroatoms. The van der Waals surface area contributed by atoms with Crippen LogP contribution in [0.3, 0.4) is 0 Å². The second-order valence-corrected chi connectivity index (χ2v) is 3.41. The Morgan fingerprint density at radius 2 is 2.15 bits per heavy atom. The highest BCUT2D eigenvalue weighted by Crippen LogP contribution is 2.20. The van der Waals surface area contributed by atoms with Crippen LogP contribution >= 0.6 is 23.4 Å². The maximum Gasteiger partial charge on any atom is 0.356 e. The van der Waals surface area contributed by atoms with Crippen molar-refractivity contribution in [2.75, 3.05) is 6.26 Å². The van der Waals surface area contributed by atoms with E-state index in [9.17, 15) is 4.79 Å². The van der Waals surface area contributed by atoms with Crippen molar-refractivity contribution < 1.29 is 9.90 Å². The molecule has 1 heterocycles. The van der Waals surface area contributed by atoms with Gasteiger partial charge in [-0.25, -0.2) is 14.8 Å². The van der Waals surface area contributed by atoms with E-state index in [0.717, 1.165) is 0 Å². The summed E-state index contributed by atoms with van der Waals surface area (Å²) in [5.74, 6) is -1.13. The van der Waals surface area contributed by atoms with Crippen molar-refractivity contribution in [3.63, 3.8) is 0 Å². The highest BCUT2D eigenvalue weighted by Gasteiger charge is 2.15. The van der Waals surface area contributed by atoms with Crippen LogP contribution in [0.15, 0.2) is 5.16 Å². The third kappa shape index (κ3) is 2.10. The number of hydrogen-bond acceptors (Lipinski definition) is 4. The van der Waals surface area contributed by atoms with Gasteiger partial charge >= 0.3 is 5.97 Å². The highest BCUT2D eigenvalue weighted by atomic mass is 35.5. The molecule has 1 rings (SSSR count). The standard InChI is InChI=1S/C7H7ClN2O2S/c1-3-4(8)5(6(11)12)10-7(9-3)13-2/h1-2H3,(H,11,12). The largest absolute Gasteiger partial charge is 0.476 e. The van der Waals surface area contributed by atoms with Gasteiger partial charge in [-0.15, -0.1) is 0 Å². The highest BCUT2D eigenvalue weighted by molar-refractivity contribution is 7.98. The van der Waals surface area contributed by atoms with Crippen LogP contribution in [0.25, 0.3) is 0 Å². The Hall–Kier alpha value is -0.810. The van der Waals surface area contributed by atoms with Crippen LogP contribution in [0.4, 0.5) is 0 Å². The van der Waals surface area contributed by atoms with Gasteiger partial charge < -0.3 is 5.11 Å². The summed E-state index contributed by atoms with van der Waals surface area (Å²) in [6, 6.07) is 0. The zero-order valence-corrected chi connectivity index (χ0v) is 8.61. The first-order valence-corrected chi connectivity index (χ1v) is 4.98. The van der Waals surface area contributed by atoms with Gasteiger partial charge in [0, 0.05) is 0 Å². The SMILES string of the molecule is CSc1nc(C)c(Cl)c(C(=O)O)n1. The number of halogens is 1. The van der Waals surface area contributed by atoms with Crippen LogP contribution < -0.4 is 0 Å². The van der Waals surface area contributed by atoms with E-state index >= 15 is 0 Å². The molecule has 1 aromatic heterocycles. The van der Waals surface area contributed by atoms with E-state index in [4.69, 9.17) is 16.7 Å². The lowest BCUT2D eigenvalue weighted by molar-refractivity contribution is 0.0689. The van der Waals surface area contributed by atoms with Crippen LogP contribution in [0, 0.1) is 6.92 Å². The molecule has 0 fully saturated rings. The van der Waals surface area contributed by atoms with Gasteiger partial charge in [-0.3, -0.25) is 0 Å². The molecule has 0 bridgehead atoms. The topological polar surface area (TPSA) is 63.1 Å². The molecule has 0 saturated carbocycles. The summed E-state index contributed by atoms with van der Waals surface area (Å²) in [5.41, 5.74) is 0.344. The van der Waals surface area contributed by atoms with Crippen LogP contribution in [0.1, 0.15) is 16.2 Å². The number of aromatic carboxylic acids is 1. The first kappa shape index (κ1) is 10.3. The molecule has 0 amide bonds. The molecule has 0 unspecified atom stereocenters. The molecule has 4 nitrogen and oxygen atoms in total. The first-order valence-electron chi connectivity index (χ1n) is 3.37. The van der Waals surface area contributed by atoms with Gasteiger partial charge in [-0.2, -0.15) is 0 Å². The average molecular weight is 219 g/mol. The number of aryl methyl sites for hydroxylation is 1. The van der Waals surface area contributed by atoms with Gasteiger partial charge in [0.15, 0.2) is 10.9 Å². The van der Waals surface area contributed by atoms with E-state index in [0.29, 0.717) is 10.9 Å².